The Kier molecular flexibility index (Phi) is 1.50. The summed E-state index contributed by atoms with van der Waals surface area (Å²) in [6, 6.07) is 4.14. The Morgan fingerprint density at radius 3 is 3.14 bits per heavy atom. The van der Waals surface area contributed by atoms with E-state index in [0.29, 0.717) is 17.2 Å². The van der Waals surface area contributed by atoms with E-state index in [9.17, 15) is 4.79 Å². The van der Waals surface area contributed by atoms with Crippen LogP contribution < -0.4 is 10.2 Å². The molecule has 2 amide bonds. The smallest absolute Gasteiger partial charge is 0.322 e. The lowest BCUT2D eigenvalue weighted by atomic mass is 10.3. The van der Waals surface area contributed by atoms with Crippen LogP contribution in [0.5, 0.6) is 0 Å². The summed E-state index contributed by atoms with van der Waals surface area (Å²) in [5.74, 6) is 0. The van der Waals surface area contributed by atoms with Crippen molar-refractivity contribution in [2.45, 2.75) is 18.5 Å². The van der Waals surface area contributed by atoms with Crippen LogP contribution in [0.2, 0.25) is 5.15 Å². The first-order chi connectivity index (χ1) is 6.75. The first-order valence-electron chi connectivity index (χ1n) is 4.47. The Bertz CT molecular complexity index is 409. The molecule has 2 atom stereocenters. The first-order valence-corrected chi connectivity index (χ1v) is 4.85. The Morgan fingerprint density at radius 1 is 1.64 bits per heavy atom. The second-order valence-electron chi connectivity index (χ2n) is 3.57. The summed E-state index contributed by atoms with van der Waals surface area (Å²) >= 11 is 5.76. The van der Waals surface area contributed by atoms with E-state index in [0.717, 1.165) is 12.1 Å². The largest absolute Gasteiger partial charge is 0.333 e. The number of halogens is 1. The Morgan fingerprint density at radius 2 is 2.50 bits per heavy atom. The predicted octanol–water partition coefficient (Wildman–Crippen LogP) is 1.41. The zero-order valence-electron chi connectivity index (χ0n) is 7.27. The molecule has 1 aliphatic carbocycles. The van der Waals surface area contributed by atoms with Gasteiger partial charge in [0.25, 0.3) is 0 Å². The quantitative estimate of drug-likeness (QED) is 0.711. The summed E-state index contributed by atoms with van der Waals surface area (Å²) in [6.45, 7) is 0. The average molecular weight is 210 g/mol. The molecule has 1 aromatic heterocycles. The molecule has 0 unspecified atom stereocenters. The molecule has 1 aromatic rings. The van der Waals surface area contributed by atoms with Gasteiger partial charge in [0, 0.05) is 6.20 Å². The summed E-state index contributed by atoms with van der Waals surface area (Å²) < 4.78 is 0. The second-order valence-corrected chi connectivity index (χ2v) is 3.95. The number of aromatic nitrogens is 1. The second kappa shape index (κ2) is 2.60. The van der Waals surface area contributed by atoms with E-state index in [1.54, 1.807) is 23.2 Å². The van der Waals surface area contributed by atoms with Crippen LogP contribution in [0, 0.1) is 0 Å². The van der Waals surface area contributed by atoms with Gasteiger partial charge in [-0.3, -0.25) is 4.90 Å². The van der Waals surface area contributed by atoms with Gasteiger partial charge in [-0.1, -0.05) is 11.6 Å². The minimum Gasteiger partial charge on any atom is -0.333 e. The molecule has 2 fully saturated rings. The van der Waals surface area contributed by atoms with Crippen LogP contribution in [0.1, 0.15) is 6.42 Å². The highest BCUT2D eigenvalue weighted by Gasteiger charge is 2.52. The number of fused-ring (bicyclic) bond motifs is 1. The predicted molar refractivity (Wildman–Crippen MR) is 52.5 cm³/mol. The van der Waals surface area contributed by atoms with Crippen molar-refractivity contribution in [1.82, 2.24) is 10.3 Å². The average Bonchev–Trinajstić information content (AvgIpc) is 2.78. The van der Waals surface area contributed by atoms with Gasteiger partial charge in [0.1, 0.15) is 5.15 Å². The molecule has 14 heavy (non-hydrogen) atoms. The number of nitrogens with one attached hydrogen (secondary N) is 1. The fourth-order valence-electron chi connectivity index (χ4n) is 1.85. The molecule has 2 aliphatic rings. The van der Waals surface area contributed by atoms with E-state index < -0.39 is 0 Å². The minimum absolute atomic E-state index is 0.0338. The van der Waals surface area contributed by atoms with Crippen LogP contribution in [0.4, 0.5) is 10.5 Å². The molecule has 5 heteroatoms. The molecule has 1 saturated heterocycles. The van der Waals surface area contributed by atoms with E-state index >= 15 is 0 Å². The van der Waals surface area contributed by atoms with Crippen molar-refractivity contribution in [3.05, 3.63) is 23.5 Å². The third-order valence-electron chi connectivity index (χ3n) is 2.60. The maximum absolute atomic E-state index is 11.5. The van der Waals surface area contributed by atoms with E-state index in [-0.39, 0.29) is 6.03 Å². The fraction of sp³-hybridized carbons (Fsp3) is 0.333. The summed E-state index contributed by atoms with van der Waals surface area (Å²) in [6.07, 6.45) is 2.65. The van der Waals surface area contributed by atoms with Gasteiger partial charge in [-0.15, -0.1) is 0 Å². The number of rotatable bonds is 1. The van der Waals surface area contributed by atoms with Gasteiger partial charge in [-0.2, -0.15) is 0 Å². The number of amides is 2. The van der Waals surface area contributed by atoms with Gasteiger partial charge in [-0.05, 0) is 18.6 Å². The molecule has 1 aliphatic heterocycles. The molecule has 0 radical (unpaired) electrons. The molecular formula is C9H8ClN3O. The van der Waals surface area contributed by atoms with Gasteiger partial charge in [0.15, 0.2) is 0 Å². The molecule has 0 aromatic carbocycles. The number of hydrogen-bond acceptors (Lipinski definition) is 2. The Balaban J connectivity index is 1.98. The van der Waals surface area contributed by atoms with Crippen LogP contribution in [0.15, 0.2) is 18.3 Å². The third kappa shape index (κ3) is 1.07. The molecular weight excluding hydrogens is 202 g/mol. The van der Waals surface area contributed by atoms with Crippen molar-refractivity contribution >= 4 is 23.3 Å². The Labute approximate surface area is 85.9 Å². The SMILES string of the molecule is O=C1N[C@@H]2C[C@H]2N1c1ccnc(Cl)c1. The van der Waals surface area contributed by atoms with Crippen LogP contribution >= 0.6 is 11.6 Å². The topological polar surface area (TPSA) is 45.2 Å². The number of urea groups is 1. The third-order valence-corrected chi connectivity index (χ3v) is 2.81. The number of nitrogens with zero attached hydrogens (tertiary/aromatic N) is 2. The lowest BCUT2D eigenvalue weighted by Crippen LogP contribution is -2.33. The van der Waals surface area contributed by atoms with E-state index in [4.69, 9.17) is 11.6 Å². The van der Waals surface area contributed by atoms with E-state index in [2.05, 4.69) is 10.3 Å². The van der Waals surface area contributed by atoms with Gasteiger partial charge >= 0.3 is 6.03 Å². The molecule has 1 saturated carbocycles. The maximum Gasteiger partial charge on any atom is 0.322 e. The normalized spacial score (nSPS) is 28.6. The summed E-state index contributed by atoms with van der Waals surface area (Å²) in [7, 11) is 0. The van der Waals surface area contributed by atoms with Gasteiger partial charge in [0.05, 0.1) is 17.8 Å². The van der Waals surface area contributed by atoms with Crippen LogP contribution in [-0.4, -0.2) is 23.1 Å². The van der Waals surface area contributed by atoms with Crippen molar-refractivity contribution in [2.24, 2.45) is 0 Å². The molecule has 0 spiro atoms. The van der Waals surface area contributed by atoms with Crippen molar-refractivity contribution < 1.29 is 4.79 Å². The molecule has 0 bridgehead atoms. The summed E-state index contributed by atoms with van der Waals surface area (Å²) in [5.41, 5.74) is 0.826. The molecule has 2 heterocycles. The van der Waals surface area contributed by atoms with Gasteiger partial charge in [-0.25, -0.2) is 9.78 Å². The summed E-state index contributed by atoms with van der Waals surface area (Å²) in [5, 5.41) is 3.30. The highest BCUT2D eigenvalue weighted by molar-refractivity contribution is 6.29. The van der Waals surface area contributed by atoms with Crippen molar-refractivity contribution in [1.29, 1.82) is 0 Å². The van der Waals surface area contributed by atoms with Crippen molar-refractivity contribution in [3.63, 3.8) is 0 Å². The summed E-state index contributed by atoms with van der Waals surface area (Å²) in [4.78, 5) is 17.1. The molecule has 3 rings (SSSR count). The van der Waals surface area contributed by atoms with E-state index in [1.807, 2.05) is 0 Å². The van der Waals surface area contributed by atoms with Crippen LogP contribution in [0.3, 0.4) is 0 Å². The van der Waals surface area contributed by atoms with Crippen molar-refractivity contribution in [2.75, 3.05) is 4.90 Å². The van der Waals surface area contributed by atoms with Crippen LogP contribution in [-0.2, 0) is 0 Å². The van der Waals surface area contributed by atoms with Crippen molar-refractivity contribution in [3.8, 4) is 0 Å². The first kappa shape index (κ1) is 8.05. The standard InChI is InChI=1S/C9H8ClN3O/c10-8-3-5(1-2-11-8)13-7-4-6(7)12-9(13)14/h1-3,6-7H,4H2,(H,12,14)/t6-,7-/m1/s1. The minimum atomic E-state index is -0.0338. The van der Waals surface area contributed by atoms with Gasteiger partial charge < -0.3 is 5.32 Å². The lowest BCUT2D eigenvalue weighted by Gasteiger charge is -2.16. The number of anilines is 1. The number of carbonyl (C=O) groups excluding carboxylic acids is 1. The zero-order valence-corrected chi connectivity index (χ0v) is 8.03. The fourth-order valence-corrected chi connectivity index (χ4v) is 2.02. The monoisotopic (exact) mass is 209 g/mol. The Hall–Kier alpha value is -1.29. The molecule has 72 valence electrons. The zero-order chi connectivity index (χ0) is 9.71. The van der Waals surface area contributed by atoms with Gasteiger partial charge in [0.2, 0.25) is 0 Å². The van der Waals surface area contributed by atoms with Crippen LogP contribution in [0.25, 0.3) is 0 Å². The highest BCUT2D eigenvalue weighted by atomic mass is 35.5. The van der Waals surface area contributed by atoms with E-state index in [1.165, 1.54) is 0 Å². The number of pyridine rings is 1. The highest BCUT2D eigenvalue weighted by Crippen LogP contribution is 2.37. The lowest BCUT2D eigenvalue weighted by molar-refractivity contribution is 0.249. The molecule has 1 N–H and O–H groups in total. The number of carbonyl (C=O) groups is 1. The maximum atomic E-state index is 11.5. The number of hydrogen-bond donors (Lipinski definition) is 1. The molecule has 4 nitrogen and oxygen atoms in total.